The van der Waals surface area contributed by atoms with E-state index in [-0.39, 0.29) is 5.95 Å². The monoisotopic (exact) mass is 301 g/mol. The topological polar surface area (TPSA) is 87.0 Å². The van der Waals surface area contributed by atoms with Gasteiger partial charge in [-0.1, -0.05) is 23.7 Å². The van der Waals surface area contributed by atoms with E-state index in [1.54, 1.807) is 0 Å². The van der Waals surface area contributed by atoms with E-state index in [1.807, 2.05) is 30.4 Å². The Morgan fingerprint density at radius 2 is 2.10 bits per heavy atom. The van der Waals surface area contributed by atoms with Crippen LogP contribution in [0.25, 0.3) is 10.9 Å². The summed E-state index contributed by atoms with van der Waals surface area (Å²) in [6, 6.07) is 5.50. The van der Waals surface area contributed by atoms with E-state index in [1.165, 1.54) is 0 Å². The van der Waals surface area contributed by atoms with Crippen LogP contribution < -0.4 is 16.2 Å². The molecule has 0 saturated carbocycles. The van der Waals surface area contributed by atoms with E-state index < -0.39 is 0 Å². The van der Waals surface area contributed by atoms with Gasteiger partial charge in [0.15, 0.2) is 0 Å². The fraction of sp³-hybridized carbons (Fsp3) is 0.133. The number of nitrogens with zero attached hydrogens (tertiary/aromatic N) is 2. The van der Waals surface area contributed by atoms with E-state index in [9.17, 15) is 0 Å². The summed E-state index contributed by atoms with van der Waals surface area (Å²) in [5.74, 6) is 1.09. The molecule has 0 atom stereocenters. The summed E-state index contributed by atoms with van der Waals surface area (Å²) < 4.78 is 5.84. The summed E-state index contributed by atoms with van der Waals surface area (Å²) in [6.07, 6.45) is 6.70. The molecule has 0 fully saturated rings. The van der Waals surface area contributed by atoms with Crippen molar-refractivity contribution in [3.63, 3.8) is 0 Å². The number of rotatable bonds is 3. The third-order valence-corrected chi connectivity index (χ3v) is 3.40. The molecule has 0 bridgehead atoms. The number of hydrogen-bond donors (Lipinski definition) is 2. The first kappa shape index (κ1) is 13.7. The SMILES string of the molecule is Nc1nc(N)c2c(OCC3=CC(Cl)=CC[CH]3)cccc2n1. The van der Waals surface area contributed by atoms with Crippen LogP contribution in [0, 0.1) is 6.42 Å². The zero-order valence-corrected chi connectivity index (χ0v) is 12.0. The number of fused-ring (bicyclic) bond motifs is 1. The van der Waals surface area contributed by atoms with Gasteiger partial charge < -0.3 is 16.2 Å². The number of nitrogens with two attached hydrogens (primary N) is 2. The van der Waals surface area contributed by atoms with Crippen LogP contribution in [0.3, 0.4) is 0 Å². The first-order valence-electron chi connectivity index (χ1n) is 6.47. The van der Waals surface area contributed by atoms with Gasteiger partial charge in [0.05, 0.1) is 10.9 Å². The second kappa shape index (κ2) is 5.61. The second-order valence-electron chi connectivity index (χ2n) is 4.65. The number of benzene rings is 1. The molecule has 2 aromatic rings. The average Bonchev–Trinajstić information content (AvgIpc) is 2.44. The van der Waals surface area contributed by atoms with Crippen molar-refractivity contribution in [2.24, 2.45) is 0 Å². The number of allylic oxidation sites excluding steroid dienone is 3. The molecule has 21 heavy (non-hydrogen) atoms. The Morgan fingerprint density at radius 3 is 2.90 bits per heavy atom. The summed E-state index contributed by atoms with van der Waals surface area (Å²) in [5.41, 5.74) is 13.2. The van der Waals surface area contributed by atoms with Gasteiger partial charge in [-0.2, -0.15) is 4.98 Å². The van der Waals surface area contributed by atoms with Crippen molar-refractivity contribution in [1.82, 2.24) is 9.97 Å². The molecule has 0 amide bonds. The lowest BCUT2D eigenvalue weighted by atomic mass is 10.1. The molecule has 0 saturated heterocycles. The van der Waals surface area contributed by atoms with Crippen LogP contribution >= 0.6 is 11.6 Å². The van der Waals surface area contributed by atoms with Crippen molar-refractivity contribution in [3.05, 3.63) is 47.4 Å². The van der Waals surface area contributed by atoms with E-state index in [0.29, 0.717) is 29.1 Å². The van der Waals surface area contributed by atoms with Gasteiger partial charge >= 0.3 is 0 Å². The highest BCUT2D eigenvalue weighted by molar-refractivity contribution is 6.31. The minimum atomic E-state index is 0.150. The summed E-state index contributed by atoms with van der Waals surface area (Å²) >= 11 is 5.99. The summed E-state index contributed by atoms with van der Waals surface area (Å²) in [6.45, 7) is 0.410. The molecule has 5 nitrogen and oxygen atoms in total. The number of anilines is 2. The Bertz CT molecular complexity index is 755. The maximum atomic E-state index is 5.99. The highest BCUT2D eigenvalue weighted by atomic mass is 35.5. The zero-order valence-electron chi connectivity index (χ0n) is 11.2. The molecule has 0 unspecified atom stereocenters. The maximum Gasteiger partial charge on any atom is 0.222 e. The highest BCUT2D eigenvalue weighted by Gasteiger charge is 2.11. The molecule has 4 N–H and O–H groups in total. The largest absolute Gasteiger partial charge is 0.488 e. The van der Waals surface area contributed by atoms with Crippen LogP contribution in [-0.4, -0.2) is 16.6 Å². The lowest BCUT2D eigenvalue weighted by Gasteiger charge is -2.14. The van der Waals surface area contributed by atoms with Crippen molar-refractivity contribution >= 4 is 34.3 Å². The van der Waals surface area contributed by atoms with E-state index in [0.717, 1.165) is 17.0 Å². The standard InChI is InChI=1S/C15H14ClN4O/c16-10-4-1-3-9(7-10)8-21-12-6-2-5-11-13(12)14(17)20-15(18)19-11/h2-7H,1,8H2,(H4,17,18,19,20). The van der Waals surface area contributed by atoms with Gasteiger partial charge in [0.25, 0.3) is 0 Å². The van der Waals surface area contributed by atoms with Crippen molar-refractivity contribution in [2.45, 2.75) is 6.42 Å². The molecule has 1 aromatic carbocycles. The van der Waals surface area contributed by atoms with E-state index in [4.69, 9.17) is 27.8 Å². The Kier molecular flexibility index (Phi) is 3.66. The quantitative estimate of drug-likeness (QED) is 0.910. The van der Waals surface area contributed by atoms with Crippen LogP contribution in [-0.2, 0) is 0 Å². The third-order valence-electron chi connectivity index (χ3n) is 3.14. The minimum Gasteiger partial charge on any atom is -0.488 e. The van der Waals surface area contributed by atoms with E-state index >= 15 is 0 Å². The molecule has 3 rings (SSSR count). The van der Waals surface area contributed by atoms with Gasteiger partial charge in [-0.05, 0) is 36.6 Å². The molecule has 1 radical (unpaired) electrons. The fourth-order valence-electron chi connectivity index (χ4n) is 2.20. The molecule has 107 valence electrons. The number of aromatic nitrogens is 2. The number of nitrogen functional groups attached to an aromatic ring is 2. The van der Waals surface area contributed by atoms with Crippen LogP contribution in [0.5, 0.6) is 5.75 Å². The van der Waals surface area contributed by atoms with Crippen LogP contribution in [0.4, 0.5) is 11.8 Å². The maximum absolute atomic E-state index is 5.99. The molecule has 1 aliphatic rings. The predicted molar refractivity (Wildman–Crippen MR) is 84.8 cm³/mol. The number of ether oxygens (including phenoxy) is 1. The van der Waals surface area contributed by atoms with Gasteiger partial charge in [0.1, 0.15) is 18.2 Å². The molecule has 1 aliphatic carbocycles. The van der Waals surface area contributed by atoms with Gasteiger partial charge in [0, 0.05) is 5.03 Å². The van der Waals surface area contributed by atoms with Gasteiger partial charge in [-0.3, -0.25) is 0 Å². The molecule has 1 aromatic heterocycles. The van der Waals surface area contributed by atoms with Crippen molar-refractivity contribution in [2.75, 3.05) is 18.1 Å². The minimum absolute atomic E-state index is 0.150. The van der Waals surface area contributed by atoms with Crippen molar-refractivity contribution in [3.8, 4) is 5.75 Å². The lowest BCUT2D eigenvalue weighted by molar-refractivity contribution is 0.357. The smallest absolute Gasteiger partial charge is 0.222 e. The predicted octanol–water partition coefficient (Wildman–Crippen LogP) is 2.83. The van der Waals surface area contributed by atoms with Crippen LogP contribution in [0.1, 0.15) is 6.42 Å². The molecule has 6 heteroatoms. The van der Waals surface area contributed by atoms with Crippen molar-refractivity contribution < 1.29 is 4.74 Å². The molecule has 0 aliphatic heterocycles. The first-order chi connectivity index (χ1) is 10.1. The summed E-state index contributed by atoms with van der Waals surface area (Å²) in [7, 11) is 0. The van der Waals surface area contributed by atoms with Gasteiger partial charge in [-0.15, -0.1) is 0 Å². The average molecular weight is 302 g/mol. The van der Waals surface area contributed by atoms with Crippen LogP contribution in [0.2, 0.25) is 0 Å². The molecular formula is C15H14ClN4O. The molecule has 0 spiro atoms. The Hall–Kier alpha value is -2.27. The molecule has 1 heterocycles. The van der Waals surface area contributed by atoms with Gasteiger partial charge in [-0.25, -0.2) is 4.98 Å². The second-order valence-corrected chi connectivity index (χ2v) is 5.09. The zero-order chi connectivity index (χ0) is 14.8. The number of hydrogen-bond acceptors (Lipinski definition) is 5. The third kappa shape index (κ3) is 2.92. The lowest BCUT2D eigenvalue weighted by Crippen LogP contribution is -2.06. The van der Waals surface area contributed by atoms with Crippen LogP contribution in [0.15, 0.2) is 41.0 Å². The Balaban J connectivity index is 1.89. The van der Waals surface area contributed by atoms with Crippen molar-refractivity contribution in [1.29, 1.82) is 0 Å². The normalized spacial score (nSPS) is 14.7. The first-order valence-corrected chi connectivity index (χ1v) is 6.85. The fourth-order valence-corrected chi connectivity index (χ4v) is 2.43. The Morgan fingerprint density at radius 1 is 1.24 bits per heavy atom. The summed E-state index contributed by atoms with van der Waals surface area (Å²) in [5, 5.41) is 1.40. The van der Waals surface area contributed by atoms with E-state index in [2.05, 4.69) is 16.4 Å². The Labute approximate surface area is 127 Å². The summed E-state index contributed by atoms with van der Waals surface area (Å²) in [4.78, 5) is 8.14. The van der Waals surface area contributed by atoms with Gasteiger partial charge in [0.2, 0.25) is 5.95 Å². The highest BCUT2D eigenvalue weighted by Crippen LogP contribution is 2.30. The molecular weight excluding hydrogens is 288 g/mol. The number of halogens is 1.